The van der Waals surface area contributed by atoms with Crippen LogP contribution in [0.1, 0.15) is 6.42 Å². The normalized spacial score (nSPS) is 13.8. The minimum Gasteiger partial charge on any atom is -0.469 e. The van der Waals surface area contributed by atoms with Crippen LogP contribution in [0.4, 0.5) is 0 Å². The molecule has 0 aromatic heterocycles. The van der Waals surface area contributed by atoms with Crippen molar-refractivity contribution in [3.8, 4) is 0 Å². The van der Waals surface area contributed by atoms with Crippen LogP contribution in [0.2, 0.25) is 0 Å². The van der Waals surface area contributed by atoms with Crippen molar-refractivity contribution in [3.63, 3.8) is 0 Å². The second-order valence-electron chi connectivity index (χ2n) is 4.05. The summed E-state index contributed by atoms with van der Waals surface area (Å²) < 4.78 is 35.2. The molecule has 9 heteroatoms. The maximum absolute atomic E-state index is 12.0. The fraction of sp³-hybridized carbons (Fsp3) is 0.900. The summed E-state index contributed by atoms with van der Waals surface area (Å²) in [7, 11) is 1.65. The van der Waals surface area contributed by atoms with Crippen LogP contribution in [-0.4, -0.2) is 82.2 Å². The second kappa shape index (κ2) is 8.43. The van der Waals surface area contributed by atoms with E-state index in [2.05, 4.69) is 4.74 Å². The number of aliphatic hydroxyl groups is 1. The molecular weight excluding hydrogens is 276 g/mol. The number of ether oxygens (including phenoxy) is 2. The molecule has 0 saturated heterocycles. The van der Waals surface area contributed by atoms with Crippen molar-refractivity contribution in [2.24, 2.45) is 0 Å². The summed E-state index contributed by atoms with van der Waals surface area (Å²) in [6.07, 6.45) is -0.931. The maximum Gasteiger partial charge on any atom is 0.306 e. The fourth-order valence-electron chi connectivity index (χ4n) is 1.34. The molecule has 1 atom stereocenters. The molecular formula is C10H22N2O6S. The van der Waals surface area contributed by atoms with Gasteiger partial charge in [0.15, 0.2) is 0 Å². The number of carbonyl (C=O) groups excluding carboxylic acids is 1. The van der Waals surface area contributed by atoms with Gasteiger partial charge in [0.2, 0.25) is 0 Å². The van der Waals surface area contributed by atoms with Gasteiger partial charge in [-0.2, -0.15) is 17.0 Å². The number of rotatable bonds is 9. The number of likely N-dealkylation sites (N-methyl/N-ethyl adjacent to an activating group) is 1. The van der Waals surface area contributed by atoms with Crippen molar-refractivity contribution in [2.45, 2.75) is 12.5 Å². The number of esters is 1. The van der Waals surface area contributed by atoms with Gasteiger partial charge in [0.25, 0.3) is 10.2 Å². The largest absolute Gasteiger partial charge is 0.469 e. The number of hydrogen-bond donors (Lipinski definition) is 1. The van der Waals surface area contributed by atoms with Crippen molar-refractivity contribution >= 4 is 16.2 Å². The summed E-state index contributed by atoms with van der Waals surface area (Å²) in [5, 5.41) is 9.50. The highest BCUT2D eigenvalue weighted by Gasteiger charge is 2.25. The highest BCUT2D eigenvalue weighted by Crippen LogP contribution is 2.06. The predicted molar refractivity (Wildman–Crippen MR) is 68.7 cm³/mol. The molecule has 0 aliphatic carbocycles. The molecule has 0 aliphatic heterocycles. The lowest BCUT2D eigenvalue weighted by molar-refractivity contribution is -0.140. The van der Waals surface area contributed by atoms with Crippen LogP contribution in [0, 0.1) is 0 Å². The summed E-state index contributed by atoms with van der Waals surface area (Å²) >= 11 is 0. The van der Waals surface area contributed by atoms with E-state index in [0.29, 0.717) is 0 Å². The first kappa shape index (κ1) is 18.3. The number of carbonyl (C=O) groups is 1. The highest BCUT2D eigenvalue weighted by molar-refractivity contribution is 7.86. The Morgan fingerprint density at radius 3 is 2.32 bits per heavy atom. The molecule has 1 N–H and O–H groups in total. The van der Waals surface area contributed by atoms with E-state index in [1.54, 1.807) is 0 Å². The predicted octanol–water partition coefficient (Wildman–Crippen LogP) is -1.33. The van der Waals surface area contributed by atoms with Crippen LogP contribution in [0.15, 0.2) is 0 Å². The first-order valence-electron chi connectivity index (χ1n) is 5.67. The number of nitrogens with zero attached hydrogens (tertiary/aromatic N) is 2. The molecule has 114 valence electrons. The van der Waals surface area contributed by atoms with E-state index >= 15 is 0 Å². The summed E-state index contributed by atoms with van der Waals surface area (Å²) in [6, 6.07) is 0. The van der Waals surface area contributed by atoms with E-state index in [-0.39, 0.29) is 26.1 Å². The van der Waals surface area contributed by atoms with Gasteiger partial charge in [-0.3, -0.25) is 4.79 Å². The zero-order valence-electron chi connectivity index (χ0n) is 11.7. The Bertz CT molecular complexity index is 372. The van der Waals surface area contributed by atoms with E-state index in [4.69, 9.17) is 4.74 Å². The van der Waals surface area contributed by atoms with Crippen LogP contribution >= 0.6 is 0 Å². The van der Waals surface area contributed by atoms with E-state index < -0.39 is 22.3 Å². The molecule has 0 rings (SSSR count). The molecule has 19 heavy (non-hydrogen) atoms. The smallest absolute Gasteiger partial charge is 0.306 e. The molecule has 1 unspecified atom stereocenters. The van der Waals surface area contributed by atoms with Crippen molar-refractivity contribution < 1.29 is 27.8 Å². The summed E-state index contributed by atoms with van der Waals surface area (Å²) in [5.41, 5.74) is 0. The first-order chi connectivity index (χ1) is 8.75. The number of aliphatic hydroxyl groups excluding tert-OH is 1. The standard InChI is InChI=1S/C10H22N2O6S/c1-11(6-5-10(14)18-4)19(15,16)12(2)7-9(13)8-17-3/h9,13H,5-8H2,1-4H3. The Morgan fingerprint density at radius 2 is 1.84 bits per heavy atom. The van der Waals surface area contributed by atoms with Crippen LogP contribution in [0.5, 0.6) is 0 Å². The number of methoxy groups -OCH3 is 2. The molecule has 0 aromatic rings. The van der Waals surface area contributed by atoms with Gasteiger partial charge in [-0.05, 0) is 0 Å². The lowest BCUT2D eigenvalue weighted by Gasteiger charge is -2.25. The monoisotopic (exact) mass is 298 g/mol. The molecule has 0 saturated carbocycles. The Hall–Kier alpha value is -0.740. The van der Waals surface area contributed by atoms with E-state index in [0.717, 1.165) is 8.61 Å². The fourth-order valence-corrected chi connectivity index (χ4v) is 2.50. The summed E-state index contributed by atoms with van der Waals surface area (Å²) in [6.45, 7) is -0.0236. The van der Waals surface area contributed by atoms with Crippen LogP contribution < -0.4 is 0 Å². The van der Waals surface area contributed by atoms with Crippen molar-refractivity contribution in [2.75, 3.05) is 48.0 Å². The quantitative estimate of drug-likeness (QED) is 0.530. The summed E-state index contributed by atoms with van der Waals surface area (Å²) in [4.78, 5) is 11.0. The molecule has 0 bridgehead atoms. The third-order valence-electron chi connectivity index (χ3n) is 2.47. The average Bonchev–Trinajstić information content (AvgIpc) is 2.35. The van der Waals surface area contributed by atoms with Gasteiger partial charge in [0, 0.05) is 34.3 Å². The number of hydrogen-bond acceptors (Lipinski definition) is 6. The Labute approximate surface area is 114 Å². The zero-order valence-corrected chi connectivity index (χ0v) is 12.5. The van der Waals surface area contributed by atoms with Crippen LogP contribution in [0.25, 0.3) is 0 Å². The molecule has 0 radical (unpaired) electrons. The Kier molecular flexibility index (Phi) is 8.11. The zero-order chi connectivity index (χ0) is 15.1. The maximum atomic E-state index is 12.0. The Morgan fingerprint density at radius 1 is 1.26 bits per heavy atom. The van der Waals surface area contributed by atoms with Gasteiger partial charge in [-0.15, -0.1) is 0 Å². The van der Waals surface area contributed by atoms with Crippen molar-refractivity contribution in [1.29, 1.82) is 0 Å². The second-order valence-corrected chi connectivity index (χ2v) is 6.19. The lowest BCUT2D eigenvalue weighted by Crippen LogP contribution is -2.44. The molecule has 0 aromatic carbocycles. The van der Waals surface area contributed by atoms with E-state index in [1.807, 2.05) is 0 Å². The molecule has 0 heterocycles. The Balaban J connectivity index is 4.45. The molecule has 0 spiro atoms. The van der Waals surface area contributed by atoms with Crippen LogP contribution in [-0.2, 0) is 24.5 Å². The molecule has 8 nitrogen and oxygen atoms in total. The third kappa shape index (κ3) is 6.30. The minimum absolute atomic E-state index is 0.0136. The van der Waals surface area contributed by atoms with E-state index in [9.17, 15) is 18.3 Å². The topological polar surface area (TPSA) is 96.4 Å². The third-order valence-corrected chi connectivity index (χ3v) is 4.38. The van der Waals surface area contributed by atoms with Crippen molar-refractivity contribution in [1.82, 2.24) is 8.61 Å². The lowest BCUT2D eigenvalue weighted by atomic mass is 10.4. The average molecular weight is 298 g/mol. The van der Waals surface area contributed by atoms with Crippen molar-refractivity contribution in [3.05, 3.63) is 0 Å². The molecule has 0 fully saturated rings. The first-order valence-corrected chi connectivity index (χ1v) is 7.06. The minimum atomic E-state index is -3.71. The van der Waals surface area contributed by atoms with Crippen LogP contribution in [0.3, 0.4) is 0 Å². The molecule has 0 aliphatic rings. The van der Waals surface area contributed by atoms with Gasteiger partial charge in [-0.1, -0.05) is 0 Å². The highest BCUT2D eigenvalue weighted by atomic mass is 32.2. The summed E-state index contributed by atoms with van der Waals surface area (Å²) in [5.74, 6) is -0.482. The van der Waals surface area contributed by atoms with Gasteiger partial charge in [0.1, 0.15) is 0 Å². The SMILES string of the molecule is COCC(O)CN(C)S(=O)(=O)N(C)CCC(=O)OC. The van der Waals surface area contributed by atoms with Gasteiger partial charge >= 0.3 is 5.97 Å². The molecule has 0 amide bonds. The van der Waals surface area contributed by atoms with E-state index in [1.165, 1.54) is 28.3 Å². The van der Waals surface area contributed by atoms with Gasteiger partial charge in [-0.25, -0.2) is 0 Å². The van der Waals surface area contributed by atoms with Gasteiger partial charge in [0.05, 0.1) is 26.2 Å². The van der Waals surface area contributed by atoms with Gasteiger partial charge < -0.3 is 14.6 Å².